The Labute approximate surface area is 182 Å². The van der Waals surface area contributed by atoms with E-state index in [0.717, 1.165) is 11.1 Å². The van der Waals surface area contributed by atoms with Gasteiger partial charge in [-0.25, -0.2) is 4.79 Å². The van der Waals surface area contributed by atoms with Crippen LogP contribution in [0, 0.1) is 0 Å². The Hall–Kier alpha value is -2.63. The highest BCUT2D eigenvalue weighted by Crippen LogP contribution is 2.23. The van der Waals surface area contributed by atoms with Gasteiger partial charge in [-0.05, 0) is 37.3 Å². The Balaban J connectivity index is 0.00000204. The number of hydrogen-bond donors (Lipinski definition) is 1. The predicted octanol–water partition coefficient (Wildman–Crippen LogP) is 5.87. The summed E-state index contributed by atoms with van der Waals surface area (Å²) < 4.78 is 0. The number of nitrogens with zero attached hydrogens (tertiary/aromatic N) is 3. The van der Waals surface area contributed by atoms with E-state index >= 15 is 0 Å². The van der Waals surface area contributed by atoms with Crippen molar-refractivity contribution in [2.45, 2.75) is 20.8 Å². The maximum Gasteiger partial charge on any atom is 0.351 e. The zero-order valence-corrected chi connectivity index (χ0v) is 18.7. The standard InChI is InChI=1S/C20H19Cl2N3O2.C2H6/c1-13(20(26)27)24-25(3)19(15-7-5-9-17(22)11-15)12-18(23-2)14-6-4-8-16(21)10-14;1-2/h4-12H,1-3H3,(H,26,27);1-2H3/b19-12-,23-18?,24-13+;. The lowest BCUT2D eigenvalue weighted by atomic mass is 10.1. The van der Waals surface area contributed by atoms with Crippen molar-refractivity contribution < 1.29 is 9.90 Å². The van der Waals surface area contributed by atoms with Crippen molar-refractivity contribution in [3.8, 4) is 0 Å². The topological polar surface area (TPSA) is 65.3 Å². The van der Waals surface area contributed by atoms with Crippen LogP contribution in [0.1, 0.15) is 31.9 Å². The molecular weight excluding hydrogens is 409 g/mol. The molecule has 0 bridgehead atoms. The number of aliphatic carboxylic acids is 1. The fourth-order valence-corrected chi connectivity index (χ4v) is 2.77. The average molecular weight is 434 g/mol. The second-order valence-electron chi connectivity index (χ2n) is 5.67. The number of hydrazone groups is 1. The molecule has 2 aromatic rings. The monoisotopic (exact) mass is 433 g/mol. The summed E-state index contributed by atoms with van der Waals surface area (Å²) in [5, 5.41) is 15.9. The SMILES string of the molecule is CC.CN=C(/C=C(/c1cccc(Cl)c1)N(C)/N=C(\C)C(=O)O)c1cccc(Cl)c1. The molecule has 29 heavy (non-hydrogen) atoms. The van der Waals surface area contributed by atoms with Gasteiger partial charge in [-0.15, -0.1) is 0 Å². The highest BCUT2D eigenvalue weighted by Gasteiger charge is 2.13. The fraction of sp³-hybridized carbons (Fsp3) is 0.227. The first-order valence-corrected chi connectivity index (χ1v) is 9.80. The lowest BCUT2D eigenvalue weighted by molar-refractivity contribution is -0.129. The van der Waals surface area contributed by atoms with Gasteiger partial charge in [0.2, 0.25) is 0 Å². The summed E-state index contributed by atoms with van der Waals surface area (Å²) >= 11 is 12.2. The van der Waals surface area contributed by atoms with E-state index in [-0.39, 0.29) is 5.71 Å². The van der Waals surface area contributed by atoms with Crippen LogP contribution in [0.2, 0.25) is 10.0 Å². The van der Waals surface area contributed by atoms with Crippen molar-refractivity contribution >= 4 is 46.3 Å². The molecule has 0 radical (unpaired) electrons. The van der Waals surface area contributed by atoms with Gasteiger partial charge in [-0.1, -0.05) is 61.3 Å². The van der Waals surface area contributed by atoms with Gasteiger partial charge in [0.15, 0.2) is 0 Å². The summed E-state index contributed by atoms with van der Waals surface area (Å²) in [5.74, 6) is -1.09. The number of aliphatic imine (C=N–C) groups is 1. The lowest BCUT2D eigenvalue weighted by Gasteiger charge is -2.19. The van der Waals surface area contributed by atoms with Crippen LogP contribution in [-0.2, 0) is 4.79 Å². The molecule has 0 fully saturated rings. The van der Waals surface area contributed by atoms with Crippen molar-refractivity contribution in [3.63, 3.8) is 0 Å². The van der Waals surface area contributed by atoms with Crippen molar-refractivity contribution in [3.05, 3.63) is 75.8 Å². The number of rotatable bonds is 6. The zero-order chi connectivity index (χ0) is 22.0. The summed E-state index contributed by atoms with van der Waals surface area (Å²) in [5.41, 5.74) is 2.87. The molecule has 1 N–H and O–H groups in total. The van der Waals surface area contributed by atoms with Gasteiger partial charge >= 0.3 is 5.97 Å². The van der Waals surface area contributed by atoms with E-state index in [1.165, 1.54) is 11.9 Å². The molecule has 0 aliphatic carbocycles. The Bertz CT molecular complexity index is 937. The predicted molar refractivity (Wildman–Crippen MR) is 123 cm³/mol. The van der Waals surface area contributed by atoms with Gasteiger partial charge in [-0.2, -0.15) is 5.10 Å². The molecule has 0 aliphatic rings. The van der Waals surface area contributed by atoms with E-state index in [2.05, 4.69) is 10.1 Å². The highest BCUT2D eigenvalue weighted by atomic mass is 35.5. The van der Waals surface area contributed by atoms with Crippen LogP contribution in [0.4, 0.5) is 0 Å². The number of halogens is 2. The van der Waals surface area contributed by atoms with Crippen LogP contribution in [0.15, 0.2) is 64.7 Å². The average Bonchev–Trinajstić information content (AvgIpc) is 2.70. The zero-order valence-electron chi connectivity index (χ0n) is 17.1. The number of carbonyl (C=O) groups is 1. The van der Waals surface area contributed by atoms with Gasteiger partial charge in [0.05, 0.1) is 11.4 Å². The quantitative estimate of drug-likeness (QED) is 0.457. The molecule has 0 aliphatic heterocycles. The molecule has 0 saturated carbocycles. The summed E-state index contributed by atoms with van der Waals surface area (Å²) in [7, 11) is 3.35. The Morgan fingerprint density at radius 3 is 2.03 bits per heavy atom. The first kappa shape index (κ1) is 24.4. The van der Waals surface area contributed by atoms with E-state index in [0.29, 0.717) is 21.5 Å². The Kier molecular flexibility index (Phi) is 10.1. The molecule has 0 amide bonds. The van der Waals surface area contributed by atoms with E-state index in [9.17, 15) is 4.79 Å². The van der Waals surface area contributed by atoms with Gasteiger partial charge in [0.25, 0.3) is 0 Å². The smallest absolute Gasteiger partial charge is 0.351 e. The van der Waals surface area contributed by atoms with Crippen LogP contribution < -0.4 is 0 Å². The molecule has 0 heterocycles. The molecule has 7 heteroatoms. The number of benzene rings is 2. The summed E-state index contributed by atoms with van der Waals surface area (Å²) in [6, 6.07) is 14.5. The molecular formula is C22H25Cl2N3O2. The van der Waals surface area contributed by atoms with Crippen molar-refractivity contribution in [2.24, 2.45) is 10.1 Å². The third-order valence-electron chi connectivity index (χ3n) is 3.71. The van der Waals surface area contributed by atoms with Gasteiger partial charge in [-0.3, -0.25) is 10.0 Å². The number of carboxylic acid groups (broad SMARTS) is 1. The first-order valence-electron chi connectivity index (χ1n) is 9.04. The molecule has 0 spiro atoms. The van der Waals surface area contributed by atoms with Crippen LogP contribution in [-0.4, -0.2) is 41.6 Å². The van der Waals surface area contributed by atoms with Crippen LogP contribution in [0.5, 0.6) is 0 Å². The van der Waals surface area contributed by atoms with Crippen molar-refractivity contribution in [2.75, 3.05) is 14.1 Å². The van der Waals surface area contributed by atoms with Crippen LogP contribution in [0.25, 0.3) is 5.70 Å². The highest BCUT2D eigenvalue weighted by molar-refractivity contribution is 6.34. The summed E-state index contributed by atoms with van der Waals surface area (Å²) in [6.45, 7) is 5.43. The molecule has 154 valence electrons. The minimum absolute atomic E-state index is 0.0387. The van der Waals surface area contributed by atoms with Gasteiger partial charge in [0, 0.05) is 35.3 Å². The minimum atomic E-state index is -1.09. The maximum absolute atomic E-state index is 11.1. The van der Waals surface area contributed by atoms with E-state index in [1.807, 2.05) is 50.3 Å². The van der Waals surface area contributed by atoms with Crippen LogP contribution in [0.3, 0.4) is 0 Å². The minimum Gasteiger partial charge on any atom is -0.477 e. The van der Waals surface area contributed by atoms with Gasteiger partial charge in [0.1, 0.15) is 5.71 Å². The van der Waals surface area contributed by atoms with Crippen LogP contribution >= 0.6 is 23.2 Å². The van der Waals surface area contributed by atoms with E-state index in [4.69, 9.17) is 28.3 Å². The molecule has 2 aromatic carbocycles. The molecule has 0 aromatic heterocycles. The summed E-state index contributed by atoms with van der Waals surface area (Å²) in [6.07, 6.45) is 1.82. The fourth-order valence-electron chi connectivity index (χ4n) is 2.39. The van der Waals surface area contributed by atoms with Crippen molar-refractivity contribution in [1.82, 2.24) is 5.01 Å². The number of carboxylic acids is 1. The number of allylic oxidation sites excluding steroid dienone is 1. The van der Waals surface area contributed by atoms with E-state index < -0.39 is 5.97 Å². The molecule has 5 nitrogen and oxygen atoms in total. The Morgan fingerprint density at radius 2 is 1.55 bits per heavy atom. The second kappa shape index (κ2) is 12.0. The van der Waals surface area contributed by atoms with Gasteiger partial charge < -0.3 is 5.11 Å². The molecule has 0 unspecified atom stereocenters. The molecule has 0 atom stereocenters. The normalized spacial score (nSPS) is 12.2. The number of hydrogen-bond acceptors (Lipinski definition) is 4. The first-order chi connectivity index (χ1) is 13.8. The second-order valence-corrected chi connectivity index (χ2v) is 6.55. The third kappa shape index (κ3) is 7.37. The van der Waals surface area contributed by atoms with E-state index in [1.54, 1.807) is 32.3 Å². The van der Waals surface area contributed by atoms with Crippen molar-refractivity contribution in [1.29, 1.82) is 0 Å². The lowest BCUT2D eigenvalue weighted by Crippen LogP contribution is -2.18. The summed E-state index contributed by atoms with van der Waals surface area (Å²) in [4.78, 5) is 15.5. The largest absolute Gasteiger partial charge is 0.477 e. The molecule has 2 rings (SSSR count). The Morgan fingerprint density at radius 1 is 1.03 bits per heavy atom. The maximum atomic E-state index is 11.1. The third-order valence-corrected chi connectivity index (χ3v) is 4.18. The molecule has 0 saturated heterocycles.